The number of piperazine rings is 1. The molecule has 1 atom stereocenters. The second-order valence-electron chi connectivity index (χ2n) is 5.84. The smallest absolute Gasteiger partial charge is 0.0343 e. The Bertz CT molecular complexity index is 397. The number of anilines is 1. The van der Waals surface area contributed by atoms with Gasteiger partial charge in [-0.25, -0.2) is 0 Å². The molecule has 1 aliphatic heterocycles. The van der Waals surface area contributed by atoms with Crippen molar-refractivity contribution in [2.75, 3.05) is 44.6 Å². The molecule has 2 N–H and O–H groups in total. The van der Waals surface area contributed by atoms with Crippen molar-refractivity contribution in [3.8, 4) is 0 Å². The van der Waals surface area contributed by atoms with Crippen molar-refractivity contribution in [1.29, 1.82) is 0 Å². The van der Waals surface area contributed by atoms with E-state index in [1.165, 1.54) is 36.4 Å². The Labute approximate surface area is 117 Å². The summed E-state index contributed by atoms with van der Waals surface area (Å²) in [5.41, 5.74) is 3.97. The first kappa shape index (κ1) is 14.4. The molecule has 1 heterocycles. The van der Waals surface area contributed by atoms with Crippen LogP contribution in [0.3, 0.4) is 0 Å². The Balaban J connectivity index is 1.75. The van der Waals surface area contributed by atoms with E-state index in [9.17, 15) is 0 Å². The van der Waals surface area contributed by atoms with Crippen LogP contribution in [0.15, 0.2) is 18.2 Å². The molecule has 1 saturated heterocycles. The first-order chi connectivity index (χ1) is 9.15. The highest BCUT2D eigenvalue weighted by Gasteiger charge is 2.12. The van der Waals surface area contributed by atoms with Crippen molar-refractivity contribution in [3.05, 3.63) is 29.3 Å². The molecule has 2 rings (SSSR count). The quantitative estimate of drug-likeness (QED) is 0.851. The minimum Gasteiger partial charge on any atom is -0.385 e. The van der Waals surface area contributed by atoms with Gasteiger partial charge >= 0.3 is 0 Å². The number of rotatable bonds is 5. The van der Waals surface area contributed by atoms with Gasteiger partial charge in [-0.2, -0.15) is 0 Å². The average Bonchev–Trinajstić information content (AvgIpc) is 2.41. The van der Waals surface area contributed by atoms with Crippen molar-refractivity contribution in [2.45, 2.75) is 20.8 Å². The van der Waals surface area contributed by atoms with E-state index in [1.807, 2.05) is 0 Å². The van der Waals surface area contributed by atoms with Gasteiger partial charge in [-0.3, -0.25) is 0 Å². The minimum atomic E-state index is 0.680. The molecule has 1 unspecified atom stereocenters. The van der Waals surface area contributed by atoms with Crippen LogP contribution in [0.25, 0.3) is 0 Å². The Hall–Kier alpha value is -1.06. The van der Waals surface area contributed by atoms with E-state index in [0.717, 1.165) is 19.6 Å². The standard InChI is InChI=1S/C16H27N3/c1-13(12-19-8-6-17-7-9-19)11-18-16-5-4-14(2)15(3)10-16/h4-5,10,13,17-18H,6-9,11-12H2,1-3H3. The third-order valence-corrected chi connectivity index (χ3v) is 3.94. The van der Waals surface area contributed by atoms with Crippen molar-refractivity contribution in [2.24, 2.45) is 5.92 Å². The molecule has 1 aromatic carbocycles. The highest BCUT2D eigenvalue weighted by Crippen LogP contribution is 2.14. The summed E-state index contributed by atoms with van der Waals surface area (Å²) in [5, 5.41) is 6.96. The largest absolute Gasteiger partial charge is 0.385 e. The summed E-state index contributed by atoms with van der Waals surface area (Å²) in [5.74, 6) is 0.680. The number of aryl methyl sites for hydroxylation is 2. The van der Waals surface area contributed by atoms with Crippen LogP contribution >= 0.6 is 0 Å². The van der Waals surface area contributed by atoms with Crippen molar-refractivity contribution in [1.82, 2.24) is 10.2 Å². The van der Waals surface area contributed by atoms with E-state index in [2.05, 4.69) is 54.5 Å². The van der Waals surface area contributed by atoms with Gasteiger partial charge in [0.2, 0.25) is 0 Å². The Morgan fingerprint density at radius 3 is 2.63 bits per heavy atom. The third-order valence-electron chi connectivity index (χ3n) is 3.94. The van der Waals surface area contributed by atoms with Crippen LogP contribution in [-0.2, 0) is 0 Å². The first-order valence-electron chi connectivity index (χ1n) is 7.39. The molecule has 19 heavy (non-hydrogen) atoms. The molecule has 1 aliphatic rings. The van der Waals surface area contributed by atoms with Gasteiger partial charge in [-0.05, 0) is 43.0 Å². The van der Waals surface area contributed by atoms with Gasteiger partial charge in [-0.1, -0.05) is 13.0 Å². The number of nitrogens with zero attached hydrogens (tertiary/aromatic N) is 1. The van der Waals surface area contributed by atoms with E-state index in [4.69, 9.17) is 0 Å². The SMILES string of the molecule is Cc1ccc(NCC(C)CN2CCNCC2)cc1C. The lowest BCUT2D eigenvalue weighted by molar-refractivity contribution is 0.215. The van der Waals surface area contributed by atoms with Crippen molar-refractivity contribution in [3.63, 3.8) is 0 Å². The van der Waals surface area contributed by atoms with E-state index < -0.39 is 0 Å². The fourth-order valence-electron chi connectivity index (χ4n) is 2.54. The van der Waals surface area contributed by atoms with Crippen LogP contribution in [0.4, 0.5) is 5.69 Å². The summed E-state index contributed by atoms with van der Waals surface area (Å²) in [4.78, 5) is 2.56. The third kappa shape index (κ3) is 4.51. The van der Waals surface area contributed by atoms with Crippen LogP contribution in [0, 0.1) is 19.8 Å². The molecule has 3 heteroatoms. The number of nitrogens with one attached hydrogen (secondary N) is 2. The van der Waals surface area contributed by atoms with Gasteiger partial charge in [0.1, 0.15) is 0 Å². The molecule has 3 nitrogen and oxygen atoms in total. The minimum absolute atomic E-state index is 0.680. The molecule has 0 amide bonds. The molecule has 0 aliphatic carbocycles. The molecule has 0 spiro atoms. The molecule has 0 radical (unpaired) electrons. The predicted molar refractivity (Wildman–Crippen MR) is 82.9 cm³/mol. The zero-order chi connectivity index (χ0) is 13.7. The van der Waals surface area contributed by atoms with E-state index >= 15 is 0 Å². The van der Waals surface area contributed by atoms with E-state index in [-0.39, 0.29) is 0 Å². The van der Waals surface area contributed by atoms with Crippen molar-refractivity contribution >= 4 is 5.69 Å². The van der Waals surface area contributed by atoms with Gasteiger partial charge in [0.05, 0.1) is 0 Å². The summed E-state index contributed by atoms with van der Waals surface area (Å²) in [6, 6.07) is 6.62. The number of benzene rings is 1. The summed E-state index contributed by atoms with van der Waals surface area (Å²) < 4.78 is 0. The maximum Gasteiger partial charge on any atom is 0.0343 e. The number of hydrogen-bond donors (Lipinski definition) is 2. The lowest BCUT2D eigenvalue weighted by Crippen LogP contribution is -2.45. The second kappa shape index (κ2) is 6.92. The Morgan fingerprint density at radius 2 is 1.95 bits per heavy atom. The zero-order valence-electron chi connectivity index (χ0n) is 12.5. The lowest BCUT2D eigenvalue weighted by Gasteiger charge is -2.29. The van der Waals surface area contributed by atoms with Crippen molar-refractivity contribution < 1.29 is 0 Å². The maximum atomic E-state index is 3.56. The highest BCUT2D eigenvalue weighted by atomic mass is 15.2. The molecular formula is C16H27N3. The predicted octanol–water partition coefficient (Wildman–Crippen LogP) is 2.26. The van der Waals surface area contributed by atoms with Gasteiger partial charge in [0.25, 0.3) is 0 Å². The lowest BCUT2D eigenvalue weighted by atomic mass is 10.1. The molecule has 106 valence electrons. The summed E-state index contributed by atoms with van der Waals surface area (Å²) >= 11 is 0. The molecule has 1 aromatic rings. The van der Waals surface area contributed by atoms with Crippen LogP contribution < -0.4 is 10.6 Å². The highest BCUT2D eigenvalue weighted by molar-refractivity contribution is 5.48. The molecule has 0 saturated carbocycles. The van der Waals surface area contributed by atoms with Crippen LogP contribution in [0.2, 0.25) is 0 Å². The maximum absolute atomic E-state index is 3.56. The Kier molecular flexibility index (Phi) is 5.23. The summed E-state index contributed by atoms with van der Waals surface area (Å²) in [6.45, 7) is 13.6. The first-order valence-corrected chi connectivity index (χ1v) is 7.39. The Morgan fingerprint density at radius 1 is 1.21 bits per heavy atom. The molecule has 0 aromatic heterocycles. The van der Waals surface area contributed by atoms with Gasteiger partial charge in [-0.15, -0.1) is 0 Å². The monoisotopic (exact) mass is 261 g/mol. The second-order valence-corrected chi connectivity index (χ2v) is 5.84. The fraction of sp³-hybridized carbons (Fsp3) is 0.625. The van der Waals surface area contributed by atoms with E-state index in [1.54, 1.807) is 0 Å². The van der Waals surface area contributed by atoms with Crippen LogP contribution in [-0.4, -0.2) is 44.2 Å². The van der Waals surface area contributed by atoms with Gasteiger partial charge < -0.3 is 15.5 Å². The summed E-state index contributed by atoms with van der Waals surface area (Å²) in [6.07, 6.45) is 0. The van der Waals surface area contributed by atoms with Gasteiger partial charge in [0.15, 0.2) is 0 Å². The van der Waals surface area contributed by atoms with E-state index in [0.29, 0.717) is 5.92 Å². The van der Waals surface area contributed by atoms with Crippen LogP contribution in [0.1, 0.15) is 18.1 Å². The number of hydrogen-bond acceptors (Lipinski definition) is 3. The molecule has 0 bridgehead atoms. The average molecular weight is 261 g/mol. The molecule has 1 fully saturated rings. The normalized spacial score (nSPS) is 18.3. The zero-order valence-corrected chi connectivity index (χ0v) is 12.5. The topological polar surface area (TPSA) is 27.3 Å². The van der Waals surface area contributed by atoms with Crippen LogP contribution in [0.5, 0.6) is 0 Å². The van der Waals surface area contributed by atoms with Gasteiger partial charge in [0, 0.05) is 45.0 Å². The summed E-state index contributed by atoms with van der Waals surface area (Å²) in [7, 11) is 0. The fourth-order valence-corrected chi connectivity index (χ4v) is 2.54. The molecular weight excluding hydrogens is 234 g/mol.